The molecule has 82 valence electrons. The molecule has 0 aromatic heterocycles. The van der Waals surface area contributed by atoms with Crippen molar-refractivity contribution < 1.29 is 4.39 Å². The monoisotopic (exact) mass is 289 g/mol. The molecule has 1 heterocycles. The Morgan fingerprint density at radius 1 is 1.53 bits per heavy atom. The highest BCUT2D eigenvalue weighted by molar-refractivity contribution is 9.10. The zero-order chi connectivity index (χ0) is 11.2. The van der Waals surface area contributed by atoms with E-state index in [1.54, 1.807) is 6.07 Å². The molecule has 1 atom stereocenters. The van der Waals surface area contributed by atoms with E-state index in [1.807, 2.05) is 11.8 Å². The number of rotatable bonds is 0. The minimum absolute atomic E-state index is 0.0275. The van der Waals surface area contributed by atoms with E-state index in [0.717, 1.165) is 21.4 Å². The van der Waals surface area contributed by atoms with Gasteiger partial charge in [0.05, 0.1) is 0 Å². The summed E-state index contributed by atoms with van der Waals surface area (Å²) >= 11 is 5.20. The number of hydrogen-bond donors (Lipinski definition) is 1. The van der Waals surface area contributed by atoms with Gasteiger partial charge in [-0.05, 0) is 37.1 Å². The van der Waals surface area contributed by atoms with E-state index in [2.05, 4.69) is 29.8 Å². The molecule has 1 aromatic carbocycles. The van der Waals surface area contributed by atoms with Gasteiger partial charge < -0.3 is 5.73 Å². The maximum absolute atomic E-state index is 13.3. The van der Waals surface area contributed by atoms with E-state index in [4.69, 9.17) is 5.73 Å². The summed E-state index contributed by atoms with van der Waals surface area (Å²) in [6, 6.07) is 2.95. The lowest BCUT2D eigenvalue weighted by Gasteiger charge is -2.37. The first-order chi connectivity index (χ1) is 6.92. The SMILES string of the molecule is CC1(C)SCc2c(Br)cc(F)cc2C1N. The van der Waals surface area contributed by atoms with Crippen LogP contribution in [-0.2, 0) is 5.75 Å². The highest BCUT2D eigenvalue weighted by atomic mass is 79.9. The molecule has 1 aromatic rings. The molecule has 0 bridgehead atoms. The van der Waals surface area contributed by atoms with E-state index in [1.165, 1.54) is 6.07 Å². The first-order valence-electron chi connectivity index (χ1n) is 4.79. The van der Waals surface area contributed by atoms with Crippen LogP contribution in [0, 0.1) is 5.82 Å². The van der Waals surface area contributed by atoms with Crippen LogP contribution in [-0.4, -0.2) is 4.75 Å². The normalized spacial score (nSPS) is 23.7. The lowest BCUT2D eigenvalue weighted by molar-refractivity contribution is 0.543. The average molecular weight is 290 g/mol. The van der Waals surface area contributed by atoms with Gasteiger partial charge in [0.25, 0.3) is 0 Å². The summed E-state index contributed by atoms with van der Waals surface area (Å²) < 4.78 is 14.1. The van der Waals surface area contributed by atoms with Gasteiger partial charge in [0.1, 0.15) is 5.82 Å². The molecule has 15 heavy (non-hydrogen) atoms. The molecule has 1 nitrogen and oxygen atoms in total. The Labute approximate surface area is 102 Å². The lowest BCUT2D eigenvalue weighted by atomic mass is 9.92. The second-order valence-corrected chi connectivity index (χ2v) is 6.81. The van der Waals surface area contributed by atoms with Gasteiger partial charge >= 0.3 is 0 Å². The van der Waals surface area contributed by atoms with Crippen LogP contribution in [0.5, 0.6) is 0 Å². The zero-order valence-electron chi connectivity index (χ0n) is 8.68. The maximum atomic E-state index is 13.3. The highest BCUT2D eigenvalue weighted by Crippen LogP contribution is 2.46. The van der Waals surface area contributed by atoms with Crippen molar-refractivity contribution in [1.29, 1.82) is 0 Å². The van der Waals surface area contributed by atoms with Crippen LogP contribution in [0.2, 0.25) is 0 Å². The molecular weight excluding hydrogens is 277 g/mol. The van der Waals surface area contributed by atoms with Crippen molar-refractivity contribution in [2.75, 3.05) is 0 Å². The molecular formula is C11H13BrFNS. The predicted octanol–water partition coefficient (Wildman–Crippen LogP) is 3.61. The molecule has 0 amide bonds. The minimum atomic E-state index is -0.223. The first-order valence-corrected chi connectivity index (χ1v) is 6.57. The fourth-order valence-corrected chi connectivity index (χ4v) is 3.69. The molecule has 0 spiro atoms. The van der Waals surface area contributed by atoms with Crippen molar-refractivity contribution >= 4 is 27.7 Å². The number of thioether (sulfide) groups is 1. The molecule has 2 N–H and O–H groups in total. The Morgan fingerprint density at radius 2 is 2.20 bits per heavy atom. The van der Waals surface area contributed by atoms with Crippen molar-refractivity contribution in [2.24, 2.45) is 5.73 Å². The second kappa shape index (κ2) is 3.75. The highest BCUT2D eigenvalue weighted by Gasteiger charge is 2.35. The van der Waals surface area contributed by atoms with Gasteiger partial charge in [-0.1, -0.05) is 15.9 Å². The molecule has 1 aliphatic heterocycles. The Bertz CT molecular complexity index is 406. The number of nitrogens with two attached hydrogens (primary N) is 1. The zero-order valence-corrected chi connectivity index (χ0v) is 11.1. The molecule has 0 fully saturated rings. The van der Waals surface area contributed by atoms with Crippen molar-refractivity contribution in [2.45, 2.75) is 30.4 Å². The predicted molar refractivity (Wildman–Crippen MR) is 66.4 cm³/mol. The summed E-state index contributed by atoms with van der Waals surface area (Å²) in [7, 11) is 0. The summed E-state index contributed by atoms with van der Waals surface area (Å²) in [5.74, 6) is 0.662. The van der Waals surface area contributed by atoms with Gasteiger partial charge in [0, 0.05) is 21.0 Å². The minimum Gasteiger partial charge on any atom is -0.323 e. The summed E-state index contributed by atoms with van der Waals surface area (Å²) in [5.41, 5.74) is 8.22. The number of fused-ring (bicyclic) bond motifs is 1. The number of benzene rings is 1. The van der Waals surface area contributed by atoms with Gasteiger partial charge in [-0.25, -0.2) is 4.39 Å². The van der Waals surface area contributed by atoms with Crippen LogP contribution in [0.25, 0.3) is 0 Å². The van der Waals surface area contributed by atoms with Crippen LogP contribution in [0.1, 0.15) is 31.0 Å². The van der Waals surface area contributed by atoms with Gasteiger partial charge in [-0.2, -0.15) is 0 Å². The van der Waals surface area contributed by atoms with Crippen LogP contribution < -0.4 is 5.73 Å². The van der Waals surface area contributed by atoms with Crippen LogP contribution >= 0.6 is 27.7 Å². The third-order valence-corrected chi connectivity index (χ3v) is 5.01. The van der Waals surface area contributed by atoms with E-state index < -0.39 is 0 Å². The smallest absolute Gasteiger partial charge is 0.124 e. The quantitative estimate of drug-likeness (QED) is 0.790. The van der Waals surface area contributed by atoms with E-state index in [9.17, 15) is 4.39 Å². The number of hydrogen-bond acceptors (Lipinski definition) is 2. The summed E-state index contributed by atoms with van der Waals surface area (Å²) in [4.78, 5) is 0. The van der Waals surface area contributed by atoms with Gasteiger partial charge in [-0.15, -0.1) is 11.8 Å². The van der Waals surface area contributed by atoms with Crippen molar-refractivity contribution in [1.82, 2.24) is 0 Å². The van der Waals surface area contributed by atoms with Crippen LogP contribution in [0.3, 0.4) is 0 Å². The fraction of sp³-hybridized carbons (Fsp3) is 0.455. The van der Waals surface area contributed by atoms with Crippen molar-refractivity contribution in [3.05, 3.63) is 33.5 Å². The third kappa shape index (κ3) is 1.95. The van der Waals surface area contributed by atoms with Gasteiger partial charge in [-0.3, -0.25) is 0 Å². The van der Waals surface area contributed by atoms with Crippen molar-refractivity contribution in [3.8, 4) is 0 Å². The summed E-state index contributed by atoms with van der Waals surface area (Å²) in [5, 5.41) is 0. The van der Waals surface area contributed by atoms with Crippen LogP contribution in [0.15, 0.2) is 16.6 Å². The van der Waals surface area contributed by atoms with Gasteiger partial charge in [0.15, 0.2) is 0 Å². The third-order valence-electron chi connectivity index (χ3n) is 2.87. The fourth-order valence-electron chi connectivity index (χ4n) is 1.78. The van der Waals surface area contributed by atoms with Crippen LogP contribution in [0.4, 0.5) is 4.39 Å². The second-order valence-electron chi connectivity index (χ2n) is 4.33. The Hall–Kier alpha value is -0.0600. The Kier molecular flexibility index (Phi) is 2.86. The number of halogens is 2. The van der Waals surface area contributed by atoms with E-state index >= 15 is 0 Å². The average Bonchev–Trinajstić information content (AvgIpc) is 2.12. The molecule has 4 heteroatoms. The van der Waals surface area contributed by atoms with E-state index in [-0.39, 0.29) is 16.6 Å². The van der Waals surface area contributed by atoms with E-state index in [0.29, 0.717) is 0 Å². The molecule has 0 saturated carbocycles. The Morgan fingerprint density at radius 3 is 2.87 bits per heavy atom. The molecule has 2 rings (SSSR count). The molecule has 0 aliphatic carbocycles. The van der Waals surface area contributed by atoms with Gasteiger partial charge in [0.2, 0.25) is 0 Å². The standard InChI is InChI=1S/C11H13BrFNS/c1-11(2)10(14)7-3-6(13)4-9(12)8(7)5-15-11/h3-4,10H,5,14H2,1-2H3. The van der Waals surface area contributed by atoms with Crippen molar-refractivity contribution in [3.63, 3.8) is 0 Å². The largest absolute Gasteiger partial charge is 0.323 e. The molecule has 0 saturated heterocycles. The Balaban J connectivity index is 2.56. The topological polar surface area (TPSA) is 26.0 Å². The molecule has 1 unspecified atom stereocenters. The first kappa shape index (κ1) is 11.4. The molecule has 1 aliphatic rings. The maximum Gasteiger partial charge on any atom is 0.124 e. The summed E-state index contributed by atoms with van der Waals surface area (Å²) in [6.45, 7) is 4.20. The summed E-state index contributed by atoms with van der Waals surface area (Å²) in [6.07, 6.45) is 0. The lowest BCUT2D eigenvalue weighted by Crippen LogP contribution is -2.36. The molecule has 0 radical (unpaired) electrons.